The fourth-order valence-electron chi connectivity index (χ4n) is 3.57. The summed E-state index contributed by atoms with van der Waals surface area (Å²) in [6.45, 7) is 3.55. The van der Waals surface area contributed by atoms with Crippen molar-refractivity contribution in [2.24, 2.45) is 5.41 Å². The lowest BCUT2D eigenvalue weighted by atomic mass is 9.77. The lowest BCUT2D eigenvalue weighted by Crippen LogP contribution is -2.47. The number of aromatic nitrogens is 3. The summed E-state index contributed by atoms with van der Waals surface area (Å²) in [5, 5.41) is 9.84. The molecule has 1 fully saturated rings. The van der Waals surface area contributed by atoms with Crippen molar-refractivity contribution >= 4 is 5.91 Å². The molecule has 2 aromatic heterocycles. The van der Waals surface area contributed by atoms with Crippen LogP contribution in [0.2, 0.25) is 0 Å². The van der Waals surface area contributed by atoms with Crippen LogP contribution in [0.1, 0.15) is 43.0 Å². The zero-order chi connectivity index (χ0) is 17.7. The van der Waals surface area contributed by atoms with Gasteiger partial charge in [0, 0.05) is 37.1 Å². The lowest BCUT2D eigenvalue weighted by Gasteiger charge is -2.41. The summed E-state index contributed by atoms with van der Waals surface area (Å²) in [6, 6.07) is 5.55. The maximum absolute atomic E-state index is 12.8. The van der Waals surface area contributed by atoms with Crippen LogP contribution in [-0.4, -0.2) is 50.6 Å². The Morgan fingerprint density at radius 3 is 2.72 bits per heavy atom. The first kappa shape index (κ1) is 17.5. The fraction of sp³-hybridized carbons (Fsp3) is 0.474. The minimum Gasteiger partial charge on any atom is -0.396 e. The molecule has 1 unspecified atom stereocenters. The van der Waals surface area contributed by atoms with E-state index in [0.717, 1.165) is 25.7 Å². The van der Waals surface area contributed by atoms with E-state index in [1.807, 2.05) is 23.1 Å². The molecule has 1 aliphatic heterocycles. The van der Waals surface area contributed by atoms with E-state index < -0.39 is 0 Å². The molecule has 6 heteroatoms. The van der Waals surface area contributed by atoms with Gasteiger partial charge < -0.3 is 10.0 Å². The van der Waals surface area contributed by atoms with Crippen LogP contribution in [0.4, 0.5) is 0 Å². The summed E-state index contributed by atoms with van der Waals surface area (Å²) < 4.78 is 0. The monoisotopic (exact) mass is 340 g/mol. The molecular weight excluding hydrogens is 316 g/mol. The van der Waals surface area contributed by atoms with Crippen LogP contribution in [0.5, 0.6) is 0 Å². The fourth-order valence-corrected chi connectivity index (χ4v) is 3.57. The van der Waals surface area contributed by atoms with Gasteiger partial charge in [-0.05, 0) is 31.4 Å². The third kappa shape index (κ3) is 3.85. The normalized spacial score (nSPS) is 20.5. The first-order chi connectivity index (χ1) is 12.2. The molecule has 25 heavy (non-hydrogen) atoms. The summed E-state index contributed by atoms with van der Waals surface area (Å²) in [5.74, 6) is 0.438. The zero-order valence-corrected chi connectivity index (χ0v) is 14.6. The number of aliphatic hydroxyl groups excluding tert-OH is 1. The Labute approximate surface area is 148 Å². The van der Waals surface area contributed by atoms with Crippen molar-refractivity contribution in [3.05, 3.63) is 42.4 Å². The summed E-state index contributed by atoms with van der Waals surface area (Å²) in [4.78, 5) is 27.4. The second kappa shape index (κ2) is 7.70. The Balaban J connectivity index is 1.74. The van der Waals surface area contributed by atoms with Crippen LogP contribution in [0, 0.1) is 5.41 Å². The molecule has 1 saturated heterocycles. The predicted octanol–water partition coefficient (Wildman–Crippen LogP) is 2.55. The first-order valence-corrected chi connectivity index (χ1v) is 8.81. The first-order valence-electron chi connectivity index (χ1n) is 8.81. The maximum atomic E-state index is 12.8. The molecule has 0 radical (unpaired) electrons. The highest BCUT2D eigenvalue weighted by atomic mass is 16.3. The quantitative estimate of drug-likeness (QED) is 0.905. The number of rotatable bonds is 5. The van der Waals surface area contributed by atoms with Gasteiger partial charge in [0.1, 0.15) is 5.69 Å². The zero-order valence-electron chi connectivity index (χ0n) is 14.6. The van der Waals surface area contributed by atoms with Gasteiger partial charge in [-0.25, -0.2) is 9.97 Å². The van der Waals surface area contributed by atoms with Crippen molar-refractivity contribution in [1.29, 1.82) is 0 Å². The average molecular weight is 340 g/mol. The van der Waals surface area contributed by atoms with Crippen molar-refractivity contribution in [3.63, 3.8) is 0 Å². The van der Waals surface area contributed by atoms with Crippen molar-refractivity contribution < 1.29 is 9.90 Å². The van der Waals surface area contributed by atoms with E-state index >= 15 is 0 Å². The molecule has 132 valence electrons. The number of amides is 1. The van der Waals surface area contributed by atoms with Gasteiger partial charge in [-0.3, -0.25) is 9.78 Å². The predicted molar refractivity (Wildman–Crippen MR) is 94.8 cm³/mol. The SMILES string of the molecule is CCCC1(CO)CCCN(C(=O)c2cnc(-c3ccccn3)nc2)C1. The molecule has 1 atom stereocenters. The van der Waals surface area contributed by atoms with Crippen molar-refractivity contribution in [1.82, 2.24) is 19.9 Å². The van der Waals surface area contributed by atoms with E-state index in [4.69, 9.17) is 0 Å². The molecule has 2 aromatic rings. The molecule has 0 saturated carbocycles. The van der Waals surface area contributed by atoms with E-state index in [2.05, 4.69) is 21.9 Å². The highest BCUT2D eigenvalue weighted by Gasteiger charge is 2.36. The minimum absolute atomic E-state index is 0.0683. The van der Waals surface area contributed by atoms with Gasteiger partial charge in [-0.1, -0.05) is 19.4 Å². The second-order valence-corrected chi connectivity index (χ2v) is 6.75. The standard InChI is InChI=1S/C19H24N4O2/c1-2-7-19(14-24)8-5-10-23(13-19)18(25)15-11-21-17(22-12-15)16-6-3-4-9-20-16/h3-4,6,9,11-12,24H,2,5,7-8,10,13-14H2,1H3. The van der Waals surface area contributed by atoms with Crippen LogP contribution in [0.3, 0.4) is 0 Å². The van der Waals surface area contributed by atoms with Crippen LogP contribution in [0.15, 0.2) is 36.8 Å². The molecule has 3 heterocycles. The Kier molecular flexibility index (Phi) is 5.38. The van der Waals surface area contributed by atoms with E-state index in [1.165, 1.54) is 0 Å². The number of pyridine rings is 1. The van der Waals surface area contributed by atoms with E-state index in [0.29, 0.717) is 30.2 Å². The molecule has 0 spiro atoms. The van der Waals surface area contributed by atoms with Gasteiger partial charge in [0.15, 0.2) is 5.82 Å². The van der Waals surface area contributed by atoms with E-state index in [-0.39, 0.29) is 17.9 Å². The van der Waals surface area contributed by atoms with Gasteiger partial charge in [-0.15, -0.1) is 0 Å². The van der Waals surface area contributed by atoms with Gasteiger partial charge in [0.05, 0.1) is 12.2 Å². The molecule has 0 bridgehead atoms. The van der Waals surface area contributed by atoms with Crippen molar-refractivity contribution in [3.8, 4) is 11.5 Å². The smallest absolute Gasteiger partial charge is 0.257 e. The highest BCUT2D eigenvalue weighted by molar-refractivity contribution is 5.93. The molecule has 3 rings (SSSR count). The van der Waals surface area contributed by atoms with Gasteiger partial charge in [-0.2, -0.15) is 0 Å². The highest BCUT2D eigenvalue weighted by Crippen LogP contribution is 2.34. The Morgan fingerprint density at radius 2 is 2.08 bits per heavy atom. The average Bonchev–Trinajstić information content (AvgIpc) is 2.68. The van der Waals surface area contributed by atoms with Crippen LogP contribution < -0.4 is 0 Å². The Morgan fingerprint density at radius 1 is 1.28 bits per heavy atom. The van der Waals surface area contributed by atoms with Crippen LogP contribution in [0.25, 0.3) is 11.5 Å². The number of hydrogen-bond acceptors (Lipinski definition) is 5. The number of piperidine rings is 1. The Bertz CT molecular complexity index is 701. The second-order valence-electron chi connectivity index (χ2n) is 6.75. The number of nitrogens with zero attached hydrogens (tertiary/aromatic N) is 4. The third-order valence-corrected chi connectivity index (χ3v) is 4.86. The van der Waals surface area contributed by atoms with E-state index in [9.17, 15) is 9.90 Å². The van der Waals surface area contributed by atoms with Crippen LogP contribution >= 0.6 is 0 Å². The molecule has 1 aliphatic rings. The van der Waals surface area contributed by atoms with Crippen LogP contribution in [-0.2, 0) is 0 Å². The maximum Gasteiger partial charge on any atom is 0.257 e. The summed E-state index contributed by atoms with van der Waals surface area (Å²) in [6.07, 6.45) is 8.64. The molecular formula is C19H24N4O2. The van der Waals surface area contributed by atoms with Gasteiger partial charge >= 0.3 is 0 Å². The number of carbonyl (C=O) groups excluding carboxylic acids is 1. The lowest BCUT2D eigenvalue weighted by molar-refractivity contribution is 0.0222. The molecule has 6 nitrogen and oxygen atoms in total. The number of aliphatic hydroxyl groups is 1. The molecule has 1 amide bonds. The topological polar surface area (TPSA) is 79.2 Å². The molecule has 1 N–H and O–H groups in total. The number of carbonyl (C=O) groups is 1. The Hall–Kier alpha value is -2.34. The van der Waals surface area contributed by atoms with Gasteiger partial charge in [0.2, 0.25) is 0 Å². The summed E-state index contributed by atoms with van der Waals surface area (Å²) >= 11 is 0. The van der Waals surface area contributed by atoms with Gasteiger partial charge in [0.25, 0.3) is 5.91 Å². The summed E-state index contributed by atoms with van der Waals surface area (Å²) in [5.41, 5.74) is 0.990. The van der Waals surface area contributed by atoms with Crippen molar-refractivity contribution in [2.45, 2.75) is 32.6 Å². The number of hydrogen-bond donors (Lipinski definition) is 1. The molecule has 0 aromatic carbocycles. The molecule has 0 aliphatic carbocycles. The van der Waals surface area contributed by atoms with E-state index in [1.54, 1.807) is 18.6 Å². The largest absolute Gasteiger partial charge is 0.396 e. The number of likely N-dealkylation sites (tertiary alicyclic amines) is 1. The van der Waals surface area contributed by atoms with Crippen molar-refractivity contribution in [2.75, 3.05) is 19.7 Å². The summed E-state index contributed by atoms with van der Waals surface area (Å²) in [7, 11) is 0. The third-order valence-electron chi connectivity index (χ3n) is 4.86. The minimum atomic E-state index is -0.169.